The van der Waals surface area contributed by atoms with Crippen molar-refractivity contribution in [2.75, 3.05) is 0 Å². The number of amides is 1. The van der Waals surface area contributed by atoms with Gasteiger partial charge in [0.15, 0.2) is 0 Å². The summed E-state index contributed by atoms with van der Waals surface area (Å²) in [6, 6.07) is 0.498. The van der Waals surface area contributed by atoms with Gasteiger partial charge in [-0.05, 0) is 43.9 Å². The minimum absolute atomic E-state index is 0.144. The molecule has 1 heterocycles. The summed E-state index contributed by atoms with van der Waals surface area (Å²) in [5.74, 6) is 1.78. The van der Waals surface area contributed by atoms with Crippen LogP contribution in [0.1, 0.15) is 72.1 Å². The smallest absolute Gasteiger partial charge is 0.244 e. The number of carbonyl (C=O) groups excluding carboxylic acids is 1. The second kappa shape index (κ2) is 5.32. The van der Waals surface area contributed by atoms with Gasteiger partial charge in [0.25, 0.3) is 0 Å². The lowest BCUT2D eigenvalue weighted by molar-refractivity contribution is -0.135. The van der Waals surface area contributed by atoms with Gasteiger partial charge in [-0.15, -0.1) is 0 Å². The van der Waals surface area contributed by atoms with Gasteiger partial charge in [-0.2, -0.15) is 0 Å². The van der Waals surface area contributed by atoms with Gasteiger partial charge in [0.1, 0.15) is 0 Å². The quantitative estimate of drug-likeness (QED) is 0.856. The molecule has 1 aliphatic heterocycles. The highest BCUT2D eigenvalue weighted by Gasteiger charge is 2.60. The van der Waals surface area contributed by atoms with Gasteiger partial charge in [0.05, 0.1) is 11.7 Å². The van der Waals surface area contributed by atoms with E-state index in [0.29, 0.717) is 24.0 Å². The van der Waals surface area contributed by atoms with Crippen molar-refractivity contribution in [2.45, 2.75) is 89.9 Å². The van der Waals surface area contributed by atoms with Crippen LogP contribution in [0.15, 0.2) is 0 Å². The summed E-state index contributed by atoms with van der Waals surface area (Å²) in [5.41, 5.74) is -0.144. The van der Waals surface area contributed by atoms with Crippen LogP contribution in [-0.2, 0) is 4.79 Å². The minimum atomic E-state index is -0.144. The van der Waals surface area contributed by atoms with Crippen molar-refractivity contribution in [3.8, 4) is 0 Å². The van der Waals surface area contributed by atoms with Crippen molar-refractivity contribution < 1.29 is 4.79 Å². The van der Waals surface area contributed by atoms with Gasteiger partial charge in [0, 0.05) is 6.04 Å². The molecule has 2 aliphatic carbocycles. The first-order valence-electron chi connectivity index (χ1n) is 8.68. The van der Waals surface area contributed by atoms with Crippen LogP contribution in [-0.4, -0.2) is 28.6 Å². The molecule has 1 spiro atoms. The first kappa shape index (κ1) is 14.4. The lowest BCUT2D eigenvalue weighted by Crippen LogP contribution is -2.49. The third-order valence-corrected chi connectivity index (χ3v) is 5.62. The molecule has 1 amide bonds. The highest BCUT2D eigenvalue weighted by molar-refractivity contribution is 5.92. The Morgan fingerprint density at radius 2 is 2.00 bits per heavy atom. The Morgan fingerprint density at radius 1 is 1.30 bits per heavy atom. The normalized spacial score (nSPS) is 36.1. The predicted molar refractivity (Wildman–Crippen MR) is 81.2 cm³/mol. The minimum Gasteiger partial charge on any atom is -0.322 e. The second-order valence-corrected chi connectivity index (χ2v) is 7.60. The molecular weight excluding hydrogens is 248 g/mol. The van der Waals surface area contributed by atoms with Crippen LogP contribution in [0.2, 0.25) is 0 Å². The van der Waals surface area contributed by atoms with Crippen LogP contribution in [0.3, 0.4) is 0 Å². The summed E-state index contributed by atoms with van der Waals surface area (Å²) >= 11 is 0. The van der Waals surface area contributed by atoms with Crippen molar-refractivity contribution in [3.63, 3.8) is 0 Å². The van der Waals surface area contributed by atoms with E-state index in [0.717, 1.165) is 25.2 Å². The van der Waals surface area contributed by atoms with E-state index in [9.17, 15) is 4.79 Å². The lowest BCUT2D eigenvalue weighted by Gasteiger charge is -2.41. The molecule has 2 saturated carbocycles. The molecule has 3 atom stereocenters. The second-order valence-electron chi connectivity index (χ2n) is 7.60. The van der Waals surface area contributed by atoms with Crippen LogP contribution in [0, 0.1) is 11.8 Å². The average Bonchev–Trinajstić information content (AvgIpc) is 3.14. The van der Waals surface area contributed by atoms with Gasteiger partial charge >= 0.3 is 0 Å². The number of nitrogens with zero attached hydrogens (tertiary/aromatic N) is 1. The third kappa shape index (κ3) is 2.38. The Hall–Kier alpha value is -0.570. The first-order chi connectivity index (χ1) is 9.57. The molecular formula is C17H30N2O. The van der Waals surface area contributed by atoms with Crippen molar-refractivity contribution in [1.82, 2.24) is 10.2 Å². The first-order valence-corrected chi connectivity index (χ1v) is 8.68. The summed E-state index contributed by atoms with van der Waals surface area (Å²) in [4.78, 5) is 15.2. The van der Waals surface area contributed by atoms with Crippen molar-refractivity contribution in [1.29, 1.82) is 0 Å². The summed E-state index contributed by atoms with van der Waals surface area (Å²) in [6.07, 6.45) is 9.90. The SMILES string of the molecule is CCC1CCCCC1N1C(=O)C2(CC2)NC1CC(C)C. The van der Waals surface area contributed by atoms with E-state index in [1.165, 1.54) is 32.1 Å². The molecule has 114 valence electrons. The predicted octanol–water partition coefficient (Wildman–Crippen LogP) is 3.29. The molecule has 20 heavy (non-hydrogen) atoms. The standard InChI is InChI=1S/C17H30N2O/c1-4-13-7-5-6-8-14(13)19-15(11-12(2)3)18-17(9-10-17)16(19)20/h12-15,18H,4-11H2,1-3H3. The van der Waals surface area contributed by atoms with E-state index >= 15 is 0 Å². The molecule has 0 radical (unpaired) electrons. The van der Waals surface area contributed by atoms with E-state index < -0.39 is 0 Å². The molecule has 3 fully saturated rings. The summed E-state index contributed by atoms with van der Waals surface area (Å²) in [5, 5.41) is 3.69. The maximum atomic E-state index is 12.9. The molecule has 0 aromatic carbocycles. The summed E-state index contributed by atoms with van der Waals surface area (Å²) < 4.78 is 0. The largest absolute Gasteiger partial charge is 0.322 e. The highest BCUT2D eigenvalue weighted by Crippen LogP contribution is 2.46. The van der Waals surface area contributed by atoms with E-state index in [-0.39, 0.29) is 5.54 Å². The van der Waals surface area contributed by atoms with Crippen LogP contribution in [0.4, 0.5) is 0 Å². The van der Waals surface area contributed by atoms with E-state index in [1.807, 2.05) is 0 Å². The Balaban J connectivity index is 1.81. The topological polar surface area (TPSA) is 32.3 Å². The van der Waals surface area contributed by atoms with E-state index in [2.05, 4.69) is 31.0 Å². The molecule has 0 aromatic rings. The molecule has 1 N–H and O–H groups in total. The molecule has 3 unspecified atom stereocenters. The fourth-order valence-corrected chi connectivity index (χ4v) is 4.35. The zero-order chi connectivity index (χ0) is 14.3. The van der Waals surface area contributed by atoms with E-state index in [4.69, 9.17) is 0 Å². The fourth-order valence-electron chi connectivity index (χ4n) is 4.35. The van der Waals surface area contributed by atoms with Crippen molar-refractivity contribution in [2.24, 2.45) is 11.8 Å². The van der Waals surface area contributed by atoms with Crippen LogP contribution in [0.25, 0.3) is 0 Å². The lowest BCUT2D eigenvalue weighted by atomic mass is 9.81. The third-order valence-electron chi connectivity index (χ3n) is 5.62. The molecule has 3 heteroatoms. The van der Waals surface area contributed by atoms with Crippen molar-refractivity contribution in [3.05, 3.63) is 0 Å². The number of hydrogen-bond acceptors (Lipinski definition) is 2. The Morgan fingerprint density at radius 3 is 2.60 bits per heavy atom. The Bertz CT molecular complexity index is 375. The molecule has 0 aromatic heterocycles. The fraction of sp³-hybridized carbons (Fsp3) is 0.941. The van der Waals surface area contributed by atoms with Crippen LogP contribution >= 0.6 is 0 Å². The van der Waals surface area contributed by atoms with Crippen LogP contribution in [0.5, 0.6) is 0 Å². The zero-order valence-corrected chi connectivity index (χ0v) is 13.3. The van der Waals surface area contributed by atoms with Gasteiger partial charge in [-0.3, -0.25) is 10.1 Å². The molecule has 0 bridgehead atoms. The summed E-state index contributed by atoms with van der Waals surface area (Å²) in [7, 11) is 0. The van der Waals surface area contributed by atoms with Crippen molar-refractivity contribution >= 4 is 5.91 Å². The van der Waals surface area contributed by atoms with Gasteiger partial charge in [-0.25, -0.2) is 0 Å². The van der Waals surface area contributed by atoms with Crippen LogP contribution < -0.4 is 5.32 Å². The maximum absolute atomic E-state index is 12.9. The number of hydrogen-bond donors (Lipinski definition) is 1. The number of carbonyl (C=O) groups is 1. The maximum Gasteiger partial charge on any atom is 0.244 e. The molecule has 3 nitrogen and oxygen atoms in total. The molecule has 3 rings (SSSR count). The highest BCUT2D eigenvalue weighted by atomic mass is 16.2. The van der Waals surface area contributed by atoms with E-state index in [1.54, 1.807) is 0 Å². The number of rotatable bonds is 4. The summed E-state index contributed by atoms with van der Waals surface area (Å²) in [6.45, 7) is 6.82. The Labute approximate surface area is 123 Å². The molecule has 3 aliphatic rings. The van der Waals surface area contributed by atoms with Gasteiger partial charge in [0.2, 0.25) is 5.91 Å². The average molecular weight is 278 g/mol. The molecule has 1 saturated heterocycles. The van der Waals surface area contributed by atoms with Gasteiger partial charge in [-0.1, -0.05) is 40.0 Å². The van der Waals surface area contributed by atoms with Gasteiger partial charge < -0.3 is 4.90 Å². The zero-order valence-electron chi connectivity index (χ0n) is 13.3. The monoisotopic (exact) mass is 278 g/mol. The number of nitrogens with one attached hydrogen (secondary N) is 1. The Kier molecular flexibility index (Phi) is 3.83.